The molecule has 0 unspecified atom stereocenters. The predicted molar refractivity (Wildman–Crippen MR) is 93.6 cm³/mol. The van der Waals surface area contributed by atoms with Gasteiger partial charge in [0.05, 0.1) is 12.1 Å². The van der Waals surface area contributed by atoms with Crippen molar-refractivity contribution in [1.82, 2.24) is 19.8 Å². The van der Waals surface area contributed by atoms with Gasteiger partial charge in [0.1, 0.15) is 0 Å². The number of piperazine rings is 1. The Morgan fingerprint density at radius 1 is 1.25 bits per heavy atom. The molecule has 0 radical (unpaired) electrons. The van der Waals surface area contributed by atoms with Crippen molar-refractivity contribution in [3.63, 3.8) is 0 Å². The third-order valence-corrected chi connectivity index (χ3v) is 4.57. The fourth-order valence-corrected chi connectivity index (χ4v) is 2.60. The molecule has 2 rings (SSSR count). The molecule has 24 heavy (non-hydrogen) atoms. The number of hydrogen-bond acceptors (Lipinski definition) is 6. The van der Waals surface area contributed by atoms with E-state index in [2.05, 4.69) is 25.1 Å². The monoisotopic (exact) mass is 335 g/mol. The van der Waals surface area contributed by atoms with Gasteiger partial charge in [-0.2, -0.15) is 0 Å². The Hall–Kier alpha value is -1.57. The van der Waals surface area contributed by atoms with Crippen LogP contribution in [0, 0.1) is 5.41 Å². The number of β-amino-alcohol motifs (C(OH)–C–C–N with tert-alkyl or cyclic N) is 1. The second-order valence-corrected chi connectivity index (χ2v) is 7.46. The molecule has 134 valence electrons. The molecule has 7 nitrogen and oxygen atoms in total. The molecule has 0 bridgehead atoms. The topological polar surface area (TPSA) is 81.6 Å². The second kappa shape index (κ2) is 8.00. The summed E-state index contributed by atoms with van der Waals surface area (Å²) in [5.74, 6) is 0.241. The Morgan fingerprint density at radius 2 is 1.83 bits per heavy atom. The zero-order valence-corrected chi connectivity index (χ0v) is 15.1. The molecule has 2 N–H and O–H groups in total. The van der Waals surface area contributed by atoms with E-state index in [4.69, 9.17) is 0 Å². The molecule has 0 saturated carbocycles. The minimum Gasteiger partial charge on any atom is -0.391 e. The van der Waals surface area contributed by atoms with Crippen molar-refractivity contribution >= 4 is 11.9 Å². The molecule has 1 saturated heterocycles. The minimum absolute atomic E-state index is 0.0932. The summed E-state index contributed by atoms with van der Waals surface area (Å²) in [6.07, 6.45) is 2.86. The van der Waals surface area contributed by atoms with Gasteiger partial charge in [0.15, 0.2) is 0 Å². The number of rotatable bonds is 5. The Balaban J connectivity index is 1.80. The summed E-state index contributed by atoms with van der Waals surface area (Å²) in [6.45, 7) is 12.0. The normalized spacial score (nSPS) is 19.7. The second-order valence-electron chi connectivity index (χ2n) is 7.46. The first-order valence-electron chi connectivity index (χ1n) is 8.49. The Kier molecular flexibility index (Phi) is 6.26. The quantitative estimate of drug-likeness (QED) is 0.829. The Labute approximate surface area is 144 Å². The molecular weight excluding hydrogens is 306 g/mol. The fourth-order valence-electron chi connectivity index (χ4n) is 2.60. The third-order valence-electron chi connectivity index (χ3n) is 4.57. The Morgan fingerprint density at radius 3 is 2.38 bits per heavy atom. The molecule has 7 heteroatoms. The first-order valence-corrected chi connectivity index (χ1v) is 8.49. The number of carbonyl (C=O) groups is 1. The summed E-state index contributed by atoms with van der Waals surface area (Å²) < 4.78 is 0. The van der Waals surface area contributed by atoms with Gasteiger partial charge in [-0.15, -0.1) is 0 Å². The van der Waals surface area contributed by atoms with Crippen LogP contribution >= 0.6 is 0 Å². The zero-order chi connectivity index (χ0) is 17.7. The van der Waals surface area contributed by atoms with Gasteiger partial charge in [0.2, 0.25) is 11.9 Å². The van der Waals surface area contributed by atoms with Gasteiger partial charge in [-0.3, -0.25) is 19.9 Å². The maximum atomic E-state index is 12.3. The lowest BCUT2D eigenvalue weighted by Gasteiger charge is -2.39. The van der Waals surface area contributed by atoms with Crippen molar-refractivity contribution in [1.29, 1.82) is 0 Å². The Bertz CT molecular complexity index is 524. The van der Waals surface area contributed by atoms with Gasteiger partial charge in [-0.25, -0.2) is 9.97 Å². The van der Waals surface area contributed by atoms with E-state index in [1.165, 1.54) is 0 Å². The minimum atomic E-state index is -0.347. The van der Waals surface area contributed by atoms with Crippen LogP contribution in [-0.4, -0.2) is 75.7 Å². The van der Waals surface area contributed by atoms with Crippen LogP contribution in [-0.2, 0) is 4.79 Å². The smallest absolute Gasteiger partial charge is 0.243 e. The summed E-state index contributed by atoms with van der Waals surface area (Å²) in [5, 5.41) is 13.0. The van der Waals surface area contributed by atoms with Gasteiger partial charge >= 0.3 is 0 Å². The summed E-state index contributed by atoms with van der Waals surface area (Å²) in [4.78, 5) is 24.8. The molecule has 1 aromatic heterocycles. The van der Waals surface area contributed by atoms with Crippen LogP contribution in [0.15, 0.2) is 18.5 Å². The molecule has 1 aliphatic rings. The van der Waals surface area contributed by atoms with Crippen LogP contribution in [0.1, 0.15) is 27.7 Å². The highest BCUT2D eigenvalue weighted by atomic mass is 16.3. The number of nitrogens with zero attached hydrogens (tertiary/aromatic N) is 4. The van der Waals surface area contributed by atoms with Gasteiger partial charge < -0.3 is 5.11 Å². The average Bonchev–Trinajstić information content (AvgIpc) is 2.55. The molecule has 1 aromatic rings. The molecule has 1 amide bonds. The van der Waals surface area contributed by atoms with Crippen LogP contribution in [0.4, 0.5) is 5.95 Å². The van der Waals surface area contributed by atoms with E-state index in [1.54, 1.807) is 18.5 Å². The average molecular weight is 335 g/mol. The number of hydrogen-bond donors (Lipinski definition) is 2. The highest BCUT2D eigenvalue weighted by Gasteiger charge is 2.29. The molecule has 2 heterocycles. The highest BCUT2D eigenvalue weighted by Crippen LogP contribution is 2.20. The van der Waals surface area contributed by atoms with E-state index >= 15 is 0 Å². The summed E-state index contributed by atoms with van der Waals surface area (Å²) in [7, 11) is 0. The number of aromatic nitrogens is 2. The van der Waals surface area contributed by atoms with Crippen molar-refractivity contribution in [2.75, 3.05) is 38.0 Å². The van der Waals surface area contributed by atoms with Gasteiger partial charge in [-0.05, 0) is 18.4 Å². The largest absolute Gasteiger partial charge is 0.391 e. The van der Waals surface area contributed by atoms with Crippen LogP contribution in [0.25, 0.3) is 0 Å². The summed E-state index contributed by atoms with van der Waals surface area (Å²) in [5.41, 5.74) is -0.111. The third kappa shape index (κ3) is 5.22. The number of amides is 1. The maximum absolute atomic E-state index is 12.3. The summed E-state index contributed by atoms with van der Waals surface area (Å²) in [6, 6.07) is 1.48. The predicted octanol–water partition coefficient (Wildman–Crippen LogP) is 0.828. The maximum Gasteiger partial charge on any atom is 0.243 e. The number of aliphatic hydroxyl groups is 1. The van der Waals surface area contributed by atoms with Gasteiger partial charge in [0, 0.05) is 45.1 Å². The van der Waals surface area contributed by atoms with Crippen LogP contribution in [0.5, 0.6) is 0 Å². The van der Waals surface area contributed by atoms with E-state index in [9.17, 15) is 9.90 Å². The van der Waals surface area contributed by atoms with Gasteiger partial charge in [-0.1, -0.05) is 20.8 Å². The molecule has 0 aromatic carbocycles. The summed E-state index contributed by atoms with van der Waals surface area (Å²) >= 11 is 0. The molecule has 1 aliphatic heterocycles. The first kappa shape index (κ1) is 18.8. The van der Waals surface area contributed by atoms with Crippen molar-refractivity contribution in [2.24, 2.45) is 5.41 Å². The SMILES string of the molecule is C[C@H](C(=O)Nc1ncccn1)N1CCN(C[C@@H](O)C(C)(C)C)CC1. The van der Waals surface area contributed by atoms with E-state index in [1.807, 2.05) is 27.7 Å². The molecular formula is C17H29N5O2. The van der Waals surface area contributed by atoms with Crippen molar-refractivity contribution < 1.29 is 9.90 Å². The first-order chi connectivity index (χ1) is 11.3. The zero-order valence-electron chi connectivity index (χ0n) is 15.1. The van der Waals surface area contributed by atoms with Crippen LogP contribution < -0.4 is 5.32 Å². The van der Waals surface area contributed by atoms with Crippen LogP contribution in [0.3, 0.4) is 0 Å². The number of carbonyl (C=O) groups excluding carboxylic acids is 1. The van der Waals surface area contributed by atoms with E-state index in [-0.39, 0.29) is 23.5 Å². The molecule has 1 fully saturated rings. The molecule has 0 aliphatic carbocycles. The van der Waals surface area contributed by atoms with E-state index in [0.717, 1.165) is 26.2 Å². The van der Waals surface area contributed by atoms with E-state index in [0.29, 0.717) is 12.5 Å². The lowest BCUT2D eigenvalue weighted by Crippen LogP contribution is -2.54. The van der Waals surface area contributed by atoms with Crippen molar-refractivity contribution in [2.45, 2.75) is 39.8 Å². The molecule has 0 spiro atoms. The fraction of sp³-hybridized carbons (Fsp3) is 0.706. The van der Waals surface area contributed by atoms with Gasteiger partial charge in [0.25, 0.3) is 0 Å². The lowest BCUT2D eigenvalue weighted by atomic mass is 9.89. The van der Waals surface area contributed by atoms with Crippen molar-refractivity contribution in [3.05, 3.63) is 18.5 Å². The van der Waals surface area contributed by atoms with E-state index < -0.39 is 0 Å². The van der Waals surface area contributed by atoms with Crippen molar-refractivity contribution in [3.8, 4) is 0 Å². The number of nitrogens with one attached hydrogen (secondary N) is 1. The highest BCUT2D eigenvalue weighted by molar-refractivity contribution is 5.93. The lowest BCUT2D eigenvalue weighted by molar-refractivity contribution is -0.121. The van der Waals surface area contributed by atoms with Crippen LogP contribution in [0.2, 0.25) is 0 Å². The number of anilines is 1. The number of aliphatic hydroxyl groups excluding tert-OH is 1. The standard InChI is InChI=1S/C17H29N5O2/c1-13(15(24)20-16-18-6-5-7-19-16)22-10-8-21(9-11-22)12-14(23)17(2,3)4/h5-7,13-14,23H,8-12H2,1-4H3,(H,18,19,20,24)/t13-,14-/m1/s1. The molecule has 2 atom stereocenters.